The fourth-order valence-electron chi connectivity index (χ4n) is 5.05. The molecule has 5 rings (SSSR count). The van der Waals surface area contributed by atoms with Crippen molar-refractivity contribution in [3.63, 3.8) is 0 Å². The molecule has 6 radical (unpaired) electrons. The van der Waals surface area contributed by atoms with Crippen LogP contribution in [-0.2, 0) is 25.7 Å². The molecule has 2 aliphatic heterocycles. The van der Waals surface area contributed by atoms with E-state index in [1.807, 2.05) is 12.2 Å². The molecular weight excluding hydrogens is 675 g/mol. The zero-order valence-electron chi connectivity index (χ0n) is 24.1. The van der Waals surface area contributed by atoms with Crippen LogP contribution in [0.5, 0.6) is 0 Å². The van der Waals surface area contributed by atoms with Crippen molar-refractivity contribution in [2.24, 2.45) is 5.92 Å². The molecule has 2 heterocycles. The van der Waals surface area contributed by atoms with Crippen LogP contribution in [0.15, 0.2) is 47.4 Å². The minimum atomic E-state index is -4.32. The van der Waals surface area contributed by atoms with E-state index in [4.69, 9.17) is 0 Å². The summed E-state index contributed by atoms with van der Waals surface area (Å²) in [6.45, 7) is 12.6. The predicted molar refractivity (Wildman–Crippen MR) is 161 cm³/mol. The standard InChI is InChI=1S/C21H26F3N3S.C10H14.2ClH.Ru/c1-25-11-13-26(14-12-25)9-4-10-27-17-5-2-3-6-19(17)28-20-8-7-16(15-18(20)27)21(22,23)24;1-8(2)10-6-4-9(3)5-7-10;;;/h2-3,5-8,15,17,19H,4,9-14H2,1H3;4-8H,1-3H3;2*1H;/q;;;;+2/p-1. The van der Waals surface area contributed by atoms with Gasteiger partial charge in [0.1, 0.15) is 0 Å². The van der Waals surface area contributed by atoms with Crippen molar-refractivity contribution >= 4 is 29.9 Å². The second kappa shape index (κ2) is 17.9. The average Bonchev–Trinajstić information content (AvgIpc) is 2.89. The summed E-state index contributed by atoms with van der Waals surface area (Å²) in [5.41, 5.74) is 0.157. The molecule has 10 heteroatoms. The Morgan fingerprint density at radius 1 is 0.951 bits per heavy atom. The fraction of sp³-hybridized carbons (Fsp3) is 0.484. The van der Waals surface area contributed by atoms with Gasteiger partial charge >= 0.3 is 25.7 Å². The molecular formula is C31H41Cl2F3N3RuS+. The quantitative estimate of drug-likeness (QED) is 0.424. The molecule has 2 unspecified atom stereocenters. The Bertz CT molecular complexity index is 962. The van der Waals surface area contributed by atoms with Crippen LogP contribution in [-0.4, -0.2) is 67.4 Å². The maximum absolute atomic E-state index is 13.3. The summed E-state index contributed by atoms with van der Waals surface area (Å²) in [5, 5.41) is 0.248. The van der Waals surface area contributed by atoms with Crippen LogP contribution < -0.4 is 17.3 Å². The van der Waals surface area contributed by atoms with Crippen LogP contribution in [0.4, 0.5) is 18.9 Å². The first-order valence-electron chi connectivity index (χ1n) is 13.6. The molecule has 1 saturated carbocycles. The number of nitrogens with zero attached hydrogens (tertiary/aromatic N) is 3. The number of fused-ring (bicyclic) bond motifs is 2. The molecule has 2 aliphatic carbocycles. The molecule has 3 nitrogen and oxygen atoms in total. The van der Waals surface area contributed by atoms with Crippen LogP contribution >= 0.6 is 24.2 Å². The monoisotopic (exact) mass is 716 g/mol. The molecule has 1 aromatic carbocycles. The van der Waals surface area contributed by atoms with E-state index in [0.717, 1.165) is 56.3 Å². The Morgan fingerprint density at radius 3 is 2.20 bits per heavy atom. The summed E-state index contributed by atoms with van der Waals surface area (Å²) in [4.78, 5) is 7.91. The summed E-state index contributed by atoms with van der Waals surface area (Å²) < 4.78 is 39.9. The summed E-state index contributed by atoms with van der Waals surface area (Å²) >= 11 is 1.66. The number of anilines is 1. The third-order valence-electron chi connectivity index (χ3n) is 7.49. The van der Waals surface area contributed by atoms with Gasteiger partial charge in [-0.3, -0.25) is 0 Å². The molecule has 0 aromatic heterocycles. The summed E-state index contributed by atoms with van der Waals surface area (Å²) in [5.74, 6) is 3.41. The van der Waals surface area contributed by atoms with Gasteiger partial charge in [0.2, 0.25) is 0 Å². The van der Waals surface area contributed by atoms with Gasteiger partial charge in [0.05, 0.1) is 22.5 Å². The third-order valence-corrected chi connectivity index (χ3v) is 8.80. The number of halogens is 5. The van der Waals surface area contributed by atoms with Crippen molar-refractivity contribution in [1.29, 1.82) is 0 Å². The van der Waals surface area contributed by atoms with E-state index in [-0.39, 0.29) is 55.6 Å². The van der Waals surface area contributed by atoms with Gasteiger partial charge in [-0.2, -0.15) is 13.2 Å². The van der Waals surface area contributed by atoms with Crippen LogP contribution in [0.3, 0.4) is 0 Å². The molecule has 1 saturated heterocycles. The largest absolute Gasteiger partial charge is 2.00 e. The normalized spacial score (nSPS) is 23.4. The van der Waals surface area contributed by atoms with Crippen molar-refractivity contribution in [2.75, 3.05) is 51.2 Å². The molecule has 0 spiro atoms. The van der Waals surface area contributed by atoms with Crippen LogP contribution in [0.25, 0.3) is 0 Å². The Balaban J connectivity index is 0.000000555. The van der Waals surface area contributed by atoms with Crippen molar-refractivity contribution in [3.05, 3.63) is 85.6 Å². The molecule has 41 heavy (non-hydrogen) atoms. The minimum absolute atomic E-state index is 0. The summed E-state index contributed by atoms with van der Waals surface area (Å²) in [6, 6.07) is 4.29. The molecule has 4 aliphatic rings. The van der Waals surface area contributed by atoms with Gasteiger partial charge < -0.3 is 27.1 Å². The van der Waals surface area contributed by atoms with E-state index in [1.54, 1.807) is 17.8 Å². The van der Waals surface area contributed by atoms with E-state index < -0.39 is 11.7 Å². The zero-order chi connectivity index (χ0) is 27.3. The number of piperazine rings is 1. The van der Waals surface area contributed by atoms with Gasteiger partial charge in [0, 0.05) is 37.6 Å². The maximum atomic E-state index is 13.3. The Hall–Kier alpha value is -0.237. The number of thioether (sulfide) groups is 1. The Morgan fingerprint density at radius 2 is 1.59 bits per heavy atom. The van der Waals surface area contributed by atoms with Gasteiger partial charge in [0.15, 0.2) is 0 Å². The number of hydrogen-bond acceptors (Lipinski definition) is 4. The second-order valence-corrected chi connectivity index (χ2v) is 12.0. The van der Waals surface area contributed by atoms with E-state index in [9.17, 15) is 13.2 Å². The zero-order valence-corrected chi connectivity index (χ0v) is 28.2. The van der Waals surface area contributed by atoms with Crippen molar-refractivity contribution in [2.45, 2.75) is 49.6 Å². The number of likely N-dealkylation sites (N-methyl/N-ethyl adjacent to an activating group) is 1. The first-order valence-corrected chi connectivity index (χ1v) is 14.5. The Kier molecular flexibility index (Phi) is 16.9. The van der Waals surface area contributed by atoms with Gasteiger partial charge in [-0.05, 0) is 81.6 Å². The minimum Gasteiger partial charge on any atom is -1.00 e. The van der Waals surface area contributed by atoms with Gasteiger partial charge in [-0.15, -0.1) is 24.2 Å². The first kappa shape index (κ1) is 38.8. The second-order valence-electron chi connectivity index (χ2n) is 10.8. The van der Waals surface area contributed by atoms with Gasteiger partial charge in [-0.1, -0.05) is 45.1 Å². The number of rotatable bonds is 5. The maximum Gasteiger partial charge on any atom is 2.00 e. The SMILES string of the molecule is CN1CCN(CCCN2c3cc(C(F)(F)F)ccc3SC3C=CC=CC32)CC1.C[C]1[CH][CH][C](C(C)C)[CH][CH]1.Cl.[Cl-].[Ru+2]. The van der Waals surface area contributed by atoms with E-state index in [0.29, 0.717) is 5.92 Å². The first-order chi connectivity index (χ1) is 18.1. The topological polar surface area (TPSA) is 9.72 Å². The van der Waals surface area contributed by atoms with E-state index >= 15 is 0 Å². The number of alkyl halides is 3. The Labute approximate surface area is 275 Å². The van der Waals surface area contributed by atoms with Crippen LogP contribution in [0.1, 0.15) is 32.8 Å². The van der Waals surface area contributed by atoms with Gasteiger partial charge in [0.25, 0.3) is 0 Å². The number of allylic oxidation sites excluding steroid dienone is 2. The van der Waals surface area contributed by atoms with Crippen molar-refractivity contribution < 1.29 is 45.1 Å². The number of benzene rings is 1. The molecule has 1 aromatic rings. The fourth-order valence-corrected chi connectivity index (χ4v) is 6.33. The van der Waals surface area contributed by atoms with Crippen molar-refractivity contribution in [3.8, 4) is 0 Å². The molecule has 0 bridgehead atoms. The van der Waals surface area contributed by atoms with Crippen LogP contribution in [0, 0.1) is 43.4 Å². The summed E-state index contributed by atoms with van der Waals surface area (Å²) in [7, 11) is 2.14. The van der Waals surface area contributed by atoms with E-state index in [1.165, 1.54) is 24.0 Å². The molecule has 2 fully saturated rings. The molecule has 2 atom stereocenters. The summed E-state index contributed by atoms with van der Waals surface area (Å²) in [6.07, 6.45) is 13.7. The number of hydrogen-bond donors (Lipinski definition) is 0. The van der Waals surface area contributed by atoms with E-state index in [2.05, 4.69) is 80.4 Å². The smallest absolute Gasteiger partial charge is 1.00 e. The molecule has 0 N–H and O–H groups in total. The average molecular weight is 717 g/mol. The third kappa shape index (κ3) is 11.0. The predicted octanol–water partition coefficient (Wildman–Crippen LogP) is 4.18. The molecule has 0 amide bonds. The van der Waals surface area contributed by atoms with Gasteiger partial charge in [-0.25, -0.2) is 0 Å². The van der Waals surface area contributed by atoms with Crippen LogP contribution in [0.2, 0.25) is 0 Å². The van der Waals surface area contributed by atoms with Crippen molar-refractivity contribution in [1.82, 2.24) is 9.80 Å². The molecule has 228 valence electrons.